The van der Waals surface area contributed by atoms with Crippen molar-refractivity contribution >= 4 is 43.7 Å². The summed E-state index contributed by atoms with van der Waals surface area (Å²) in [5.74, 6) is 0.394. The Labute approximate surface area is 166 Å². The van der Waals surface area contributed by atoms with Crippen LogP contribution in [0.15, 0.2) is 36.7 Å². The Balaban J connectivity index is 1.59. The molecule has 11 heteroatoms. The minimum absolute atomic E-state index is 0.128. The largest absolute Gasteiger partial charge is 0.497 e. The van der Waals surface area contributed by atoms with E-state index >= 15 is 0 Å². The predicted octanol–water partition coefficient (Wildman–Crippen LogP) is 4.00. The summed E-state index contributed by atoms with van der Waals surface area (Å²) in [7, 11) is 1.61. The van der Waals surface area contributed by atoms with Crippen molar-refractivity contribution in [2.24, 2.45) is 0 Å². The van der Waals surface area contributed by atoms with Crippen molar-refractivity contribution < 1.29 is 14.5 Å². The molecule has 1 N–H and O–H groups in total. The fourth-order valence-electron chi connectivity index (χ4n) is 2.62. The van der Waals surface area contributed by atoms with Crippen LogP contribution in [0.2, 0.25) is 0 Å². The lowest BCUT2D eigenvalue weighted by atomic mass is 10.2. The van der Waals surface area contributed by atoms with Crippen LogP contribution in [0.25, 0.3) is 16.2 Å². The Hall–Kier alpha value is -3.31. The van der Waals surface area contributed by atoms with Gasteiger partial charge in [-0.2, -0.15) is 0 Å². The Bertz CT molecular complexity index is 1190. The van der Waals surface area contributed by atoms with Crippen molar-refractivity contribution in [1.82, 2.24) is 14.4 Å². The number of imidazole rings is 1. The van der Waals surface area contributed by atoms with Crippen LogP contribution in [-0.2, 0) is 0 Å². The highest BCUT2D eigenvalue weighted by atomic mass is 32.1. The molecule has 0 saturated carbocycles. The van der Waals surface area contributed by atoms with Gasteiger partial charge < -0.3 is 4.74 Å². The summed E-state index contributed by atoms with van der Waals surface area (Å²) in [6, 6.07) is 7.57. The Morgan fingerprint density at radius 2 is 2.04 bits per heavy atom. The van der Waals surface area contributed by atoms with E-state index in [1.807, 2.05) is 41.8 Å². The number of aromatic nitrogens is 3. The molecule has 9 nitrogen and oxygen atoms in total. The molecule has 142 valence electrons. The van der Waals surface area contributed by atoms with E-state index in [9.17, 15) is 14.9 Å². The summed E-state index contributed by atoms with van der Waals surface area (Å²) in [6.45, 7) is 1.82. The Morgan fingerprint density at radius 1 is 1.29 bits per heavy atom. The molecule has 0 bridgehead atoms. The Kier molecular flexibility index (Phi) is 4.53. The van der Waals surface area contributed by atoms with Crippen LogP contribution in [0.5, 0.6) is 5.75 Å². The lowest BCUT2D eigenvalue weighted by molar-refractivity contribution is -0.380. The maximum absolute atomic E-state index is 12.5. The number of nitro groups is 1. The van der Waals surface area contributed by atoms with E-state index in [0.29, 0.717) is 9.84 Å². The first-order valence-corrected chi connectivity index (χ1v) is 9.64. The van der Waals surface area contributed by atoms with E-state index in [-0.39, 0.29) is 16.0 Å². The summed E-state index contributed by atoms with van der Waals surface area (Å²) in [5, 5.41) is 13.4. The second-order valence-corrected chi connectivity index (χ2v) is 7.73. The summed E-state index contributed by atoms with van der Waals surface area (Å²) in [4.78, 5) is 32.4. The van der Waals surface area contributed by atoms with Gasteiger partial charge in [0.25, 0.3) is 5.91 Å². The molecule has 28 heavy (non-hydrogen) atoms. The van der Waals surface area contributed by atoms with Crippen LogP contribution in [-0.4, -0.2) is 32.3 Å². The van der Waals surface area contributed by atoms with Crippen LogP contribution in [0, 0.1) is 17.0 Å². The summed E-state index contributed by atoms with van der Waals surface area (Å²) in [6.07, 6.45) is 2.99. The highest BCUT2D eigenvalue weighted by molar-refractivity contribution is 7.20. The first-order valence-electron chi connectivity index (χ1n) is 8.00. The molecule has 0 aliphatic carbocycles. The van der Waals surface area contributed by atoms with E-state index in [4.69, 9.17) is 4.74 Å². The van der Waals surface area contributed by atoms with Gasteiger partial charge >= 0.3 is 5.00 Å². The van der Waals surface area contributed by atoms with Gasteiger partial charge in [0.15, 0.2) is 10.1 Å². The van der Waals surface area contributed by atoms with Gasteiger partial charge in [0, 0.05) is 17.5 Å². The minimum atomic E-state index is -0.543. The molecule has 1 aromatic carbocycles. The number of methoxy groups -OCH3 is 1. The van der Waals surface area contributed by atoms with Crippen LogP contribution in [0.1, 0.15) is 15.4 Å². The number of carbonyl (C=O) groups excluding carboxylic acids is 1. The monoisotopic (exact) mass is 415 g/mol. The van der Waals surface area contributed by atoms with Crippen LogP contribution < -0.4 is 10.1 Å². The van der Waals surface area contributed by atoms with Crippen molar-refractivity contribution in [2.45, 2.75) is 6.92 Å². The molecule has 4 aromatic rings. The zero-order valence-electron chi connectivity index (χ0n) is 14.7. The van der Waals surface area contributed by atoms with Crippen LogP contribution >= 0.6 is 22.7 Å². The zero-order chi connectivity index (χ0) is 19.8. The van der Waals surface area contributed by atoms with Gasteiger partial charge in [-0.3, -0.25) is 24.6 Å². The third-order valence-corrected chi connectivity index (χ3v) is 6.06. The van der Waals surface area contributed by atoms with Gasteiger partial charge in [-0.25, -0.2) is 9.97 Å². The number of hydrogen-bond acceptors (Lipinski definition) is 8. The number of thiazole rings is 2. The average Bonchev–Trinajstić information content (AvgIpc) is 3.38. The van der Waals surface area contributed by atoms with E-state index < -0.39 is 4.92 Å². The standard InChI is InChI=1S/C17H13N5O4S2/c1-9-14(15(23)20-16-18-7-13(27-16)22(24)25)28-17-19-12(8-21(9)17)10-3-5-11(26-2)6-4-10/h3-8H,1-2H3,(H,18,20,23). The third kappa shape index (κ3) is 3.21. The highest BCUT2D eigenvalue weighted by Crippen LogP contribution is 2.30. The molecule has 0 aliphatic rings. The van der Waals surface area contributed by atoms with Crippen LogP contribution in [0.4, 0.5) is 10.1 Å². The van der Waals surface area contributed by atoms with Crippen molar-refractivity contribution in [3.8, 4) is 17.0 Å². The van der Waals surface area contributed by atoms with Crippen molar-refractivity contribution in [3.63, 3.8) is 0 Å². The maximum atomic E-state index is 12.5. The molecule has 0 aliphatic heterocycles. The molecule has 1 amide bonds. The Morgan fingerprint density at radius 3 is 2.64 bits per heavy atom. The number of hydrogen-bond donors (Lipinski definition) is 1. The number of ether oxygens (including phenoxy) is 1. The molecule has 0 atom stereocenters. The number of anilines is 1. The maximum Gasteiger partial charge on any atom is 0.345 e. The van der Waals surface area contributed by atoms with E-state index in [1.54, 1.807) is 7.11 Å². The molecule has 3 heterocycles. The van der Waals surface area contributed by atoms with E-state index in [0.717, 1.165) is 40.2 Å². The topological polar surface area (TPSA) is 112 Å². The first kappa shape index (κ1) is 18.1. The molecule has 0 spiro atoms. The second-order valence-electron chi connectivity index (χ2n) is 5.74. The second kappa shape index (κ2) is 7.02. The van der Waals surface area contributed by atoms with Crippen molar-refractivity contribution in [2.75, 3.05) is 12.4 Å². The van der Waals surface area contributed by atoms with Gasteiger partial charge in [-0.15, -0.1) is 0 Å². The van der Waals surface area contributed by atoms with Gasteiger partial charge in [-0.05, 0) is 42.5 Å². The summed E-state index contributed by atoms with van der Waals surface area (Å²) >= 11 is 2.06. The lowest BCUT2D eigenvalue weighted by Crippen LogP contribution is -2.11. The number of amides is 1. The normalized spacial score (nSPS) is 10.9. The van der Waals surface area contributed by atoms with E-state index in [2.05, 4.69) is 15.3 Å². The number of aryl methyl sites for hydroxylation is 1. The average molecular weight is 415 g/mol. The number of benzene rings is 1. The van der Waals surface area contributed by atoms with Crippen molar-refractivity contribution in [3.05, 3.63) is 57.3 Å². The molecular formula is C17H13N5O4S2. The quantitative estimate of drug-likeness (QED) is 0.389. The molecule has 0 unspecified atom stereocenters. The molecule has 0 fully saturated rings. The number of fused-ring (bicyclic) bond motifs is 1. The number of rotatable bonds is 5. The summed E-state index contributed by atoms with van der Waals surface area (Å²) < 4.78 is 7.01. The van der Waals surface area contributed by atoms with Gasteiger partial charge in [0.1, 0.15) is 16.8 Å². The predicted molar refractivity (Wildman–Crippen MR) is 107 cm³/mol. The van der Waals surface area contributed by atoms with Crippen molar-refractivity contribution in [1.29, 1.82) is 0 Å². The minimum Gasteiger partial charge on any atom is -0.497 e. The first-order chi connectivity index (χ1) is 13.5. The SMILES string of the molecule is COc1ccc(-c2cn3c(C)c(C(=O)Nc4ncc([N+](=O)[O-])s4)sc3n2)cc1. The van der Waals surface area contributed by atoms with E-state index in [1.165, 1.54) is 11.3 Å². The fraction of sp³-hybridized carbons (Fsp3) is 0.118. The third-order valence-electron chi connectivity index (χ3n) is 4.04. The van der Waals surface area contributed by atoms with Crippen LogP contribution in [0.3, 0.4) is 0 Å². The molecular weight excluding hydrogens is 402 g/mol. The zero-order valence-corrected chi connectivity index (χ0v) is 16.3. The molecule has 3 aromatic heterocycles. The lowest BCUT2D eigenvalue weighted by Gasteiger charge is -2.01. The highest BCUT2D eigenvalue weighted by Gasteiger charge is 2.20. The molecule has 0 radical (unpaired) electrons. The molecule has 4 rings (SSSR count). The van der Waals surface area contributed by atoms with Gasteiger partial charge in [0.2, 0.25) is 0 Å². The summed E-state index contributed by atoms with van der Waals surface area (Å²) in [5.41, 5.74) is 2.47. The smallest absolute Gasteiger partial charge is 0.345 e. The fourth-order valence-corrected chi connectivity index (χ4v) is 4.25. The number of carbonyl (C=O) groups is 1. The van der Waals surface area contributed by atoms with Gasteiger partial charge in [0.05, 0.1) is 17.7 Å². The molecule has 0 saturated heterocycles. The number of nitrogens with zero attached hydrogens (tertiary/aromatic N) is 4. The van der Waals surface area contributed by atoms with Gasteiger partial charge in [-0.1, -0.05) is 11.3 Å². The number of nitrogens with one attached hydrogen (secondary N) is 1.